The predicted molar refractivity (Wildman–Crippen MR) is 64.9 cm³/mol. The van der Waals surface area contributed by atoms with Gasteiger partial charge in [-0.1, -0.05) is 0 Å². The molecular formula is C10H25GeO4. The Morgan fingerprint density at radius 1 is 0.800 bits per heavy atom. The first-order valence-corrected chi connectivity index (χ1v) is 5.12. The molecule has 0 heterocycles. The second kappa shape index (κ2) is 10.9. The fourth-order valence-electron chi connectivity index (χ4n) is 1.02. The van der Waals surface area contributed by atoms with Gasteiger partial charge in [0.1, 0.15) is 0 Å². The summed E-state index contributed by atoms with van der Waals surface area (Å²) >= 11 is 0. The molecule has 0 aliphatic rings. The zero-order chi connectivity index (χ0) is 10.9. The van der Waals surface area contributed by atoms with Crippen LogP contribution in [0.5, 0.6) is 0 Å². The average molecular weight is 282 g/mol. The molecule has 0 rings (SSSR count). The summed E-state index contributed by atoms with van der Waals surface area (Å²) in [5.41, 5.74) is 0. The van der Waals surface area contributed by atoms with Crippen LogP contribution in [0.4, 0.5) is 0 Å². The third-order valence-electron chi connectivity index (χ3n) is 1.43. The van der Waals surface area contributed by atoms with Crippen molar-refractivity contribution in [2.24, 2.45) is 0 Å². The summed E-state index contributed by atoms with van der Waals surface area (Å²) in [7, 11) is 0. The van der Waals surface area contributed by atoms with E-state index >= 15 is 0 Å². The van der Waals surface area contributed by atoms with Crippen molar-refractivity contribution in [1.82, 2.24) is 0 Å². The van der Waals surface area contributed by atoms with Crippen molar-refractivity contribution >= 4 is 17.6 Å². The van der Waals surface area contributed by atoms with Gasteiger partial charge in [0.25, 0.3) is 0 Å². The van der Waals surface area contributed by atoms with E-state index in [-0.39, 0.29) is 17.6 Å². The van der Waals surface area contributed by atoms with Crippen LogP contribution in [0.3, 0.4) is 0 Å². The zero-order valence-corrected chi connectivity index (χ0v) is 9.54. The van der Waals surface area contributed by atoms with E-state index in [9.17, 15) is 0 Å². The maximum atomic E-state index is 5.39. The molecule has 0 atom stereocenters. The summed E-state index contributed by atoms with van der Waals surface area (Å²) in [4.78, 5) is 0. The van der Waals surface area contributed by atoms with Gasteiger partial charge in [-0.3, -0.25) is 0 Å². The molecule has 0 unspecified atom stereocenters. The summed E-state index contributed by atoms with van der Waals surface area (Å²) in [5.74, 6) is -1.14. The van der Waals surface area contributed by atoms with E-state index in [0.717, 1.165) is 0 Å². The van der Waals surface area contributed by atoms with Crippen molar-refractivity contribution in [3.63, 3.8) is 0 Å². The molecule has 0 aliphatic carbocycles. The van der Waals surface area contributed by atoms with Crippen molar-refractivity contribution in [1.29, 1.82) is 0 Å². The molecule has 0 aromatic carbocycles. The molecule has 0 fully saturated rings. The van der Waals surface area contributed by atoms with Crippen molar-refractivity contribution in [3.8, 4) is 0 Å². The molecule has 0 bridgehead atoms. The van der Waals surface area contributed by atoms with Gasteiger partial charge in [0.05, 0.1) is 0 Å². The van der Waals surface area contributed by atoms with Crippen LogP contribution in [-0.2, 0) is 18.9 Å². The summed E-state index contributed by atoms with van der Waals surface area (Å²) in [6.07, 6.45) is 0. The first-order chi connectivity index (χ1) is 6.74. The summed E-state index contributed by atoms with van der Waals surface area (Å²) in [5, 5.41) is 0. The number of rotatable bonds is 9. The van der Waals surface area contributed by atoms with Gasteiger partial charge in [0.2, 0.25) is 0 Å². The van der Waals surface area contributed by atoms with Crippen LogP contribution >= 0.6 is 0 Å². The molecule has 0 saturated heterocycles. The third-order valence-corrected chi connectivity index (χ3v) is 1.43. The van der Waals surface area contributed by atoms with E-state index < -0.39 is 5.97 Å². The molecule has 93 valence electrons. The minimum atomic E-state index is -1.14. The van der Waals surface area contributed by atoms with Crippen LogP contribution < -0.4 is 0 Å². The normalized spacial score (nSPS) is 11.2. The van der Waals surface area contributed by atoms with Gasteiger partial charge in [-0.05, 0) is 27.7 Å². The van der Waals surface area contributed by atoms with Gasteiger partial charge in [-0.15, -0.1) is 0 Å². The Labute approximate surface area is 104 Å². The second-order valence-corrected chi connectivity index (χ2v) is 2.48. The van der Waals surface area contributed by atoms with Gasteiger partial charge < -0.3 is 18.9 Å². The number of hydrogen-bond acceptors (Lipinski definition) is 4. The van der Waals surface area contributed by atoms with Crippen molar-refractivity contribution in [2.45, 2.75) is 33.7 Å². The monoisotopic (exact) mass is 283 g/mol. The standard InChI is InChI=1S/C10H21O4.GeH4/c1-5-11-9-10(12-6-2,13-7-3)14-8-4;/h9H,5-8H2,1-4H3;1H4. The van der Waals surface area contributed by atoms with Crippen LogP contribution in [0.2, 0.25) is 0 Å². The molecule has 0 aromatic rings. The van der Waals surface area contributed by atoms with Gasteiger partial charge in [0.15, 0.2) is 6.61 Å². The zero-order valence-electron chi connectivity index (χ0n) is 9.54. The first-order valence-electron chi connectivity index (χ1n) is 5.12. The fourth-order valence-corrected chi connectivity index (χ4v) is 1.02. The van der Waals surface area contributed by atoms with Crippen molar-refractivity contribution in [3.05, 3.63) is 6.61 Å². The Hall–Kier alpha value is 0.383. The van der Waals surface area contributed by atoms with Crippen molar-refractivity contribution in [2.75, 3.05) is 26.4 Å². The Kier molecular flexibility index (Phi) is 12.9. The van der Waals surface area contributed by atoms with Crippen LogP contribution in [0.15, 0.2) is 0 Å². The van der Waals surface area contributed by atoms with Crippen LogP contribution in [-0.4, -0.2) is 50.0 Å². The molecule has 15 heavy (non-hydrogen) atoms. The molecule has 0 aromatic heterocycles. The van der Waals surface area contributed by atoms with Gasteiger partial charge >= 0.3 is 23.6 Å². The SMILES string of the molecule is CCO[CH]C(OCC)(OCC)OCC.[GeH4]. The Bertz CT molecular complexity index is 116. The Morgan fingerprint density at radius 3 is 1.47 bits per heavy atom. The Balaban J connectivity index is 0. The quantitative estimate of drug-likeness (QED) is 0.456. The van der Waals surface area contributed by atoms with E-state index in [4.69, 9.17) is 18.9 Å². The maximum absolute atomic E-state index is 5.39. The molecule has 5 heteroatoms. The molecule has 0 saturated carbocycles. The molecule has 0 aliphatic heterocycles. The molecule has 0 spiro atoms. The van der Waals surface area contributed by atoms with E-state index in [2.05, 4.69) is 0 Å². The van der Waals surface area contributed by atoms with Crippen LogP contribution in [0.25, 0.3) is 0 Å². The first kappa shape index (κ1) is 17.8. The minimum absolute atomic E-state index is 0. The van der Waals surface area contributed by atoms with Gasteiger partial charge in [-0.25, -0.2) is 0 Å². The van der Waals surface area contributed by atoms with Crippen molar-refractivity contribution < 1.29 is 18.9 Å². The fraction of sp³-hybridized carbons (Fsp3) is 0.900. The molecule has 1 radical (unpaired) electrons. The average Bonchev–Trinajstić information content (AvgIpc) is 2.16. The Morgan fingerprint density at radius 2 is 1.20 bits per heavy atom. The van der Waals surface area contributed by atoms with Crippen LogP contribution in [0, 0.1) is 6.61 Å². The third kappa shape index (κ3) is 7.30. The molecule has 0 amide bonds. The summed E-state index contributed by atoms with van der Waals surface area (Å²) < 4.78 is 21.3. The summed E-state index contributed by atoms with van der Waals surface area (Å²) in [6.45, 7) is 11.1. The van der Waals surface area contributed by atoms with Gasteiger partial charge in [-0.2, -0.15) is 0 Å². The summed E-state index contributed by atoms with van der Waals surface area (Å²) in [6, 6.07) is 0. The van der Waals surface area contributed by atoms with E-state index in [0.29, 0.717) is 26.4 Å². The molecule has 0 N–H and O–H groups in total. The van der Waals surface area contributed by atoms with Crippen LogP contribution in [0.1, 0.15) is 27.7 Å². The predicted octanol–water partition coefficient (Wildman–Crippen LogP) is 0.496. The number of hydrogen-bond donors (Lipinski definition) is 0. The molecule has 4 nitrogen and oxygen atoms in total. The van der Waals surface area contributed by atoms with Gasteiger partial charge in [0, 0.05) is 26.4 Å². The topological polar surface area (TPSA) is 36.9 Å². The second-order valence-electron chi connectivity index (χ2n) is 2.48. The van der Waals surface area contributed by atoms with E-state index in [1.165, 1.54) is 6.61 Å². The molecular weight excluding hydrogens is 257 g/mol. The number of ether oxygens (including phenoxy) is 4. The van der Waals surface area contributed by atoms with E-state index in [1.807, 2.05) is 27.7 Å². The van der Waals surface area contributed by atoms with E-state index in [1.54, 1.807) is 0 Å².